The summed E-state index contributed by atoms with van der Waals surface area (Å²) in [6.07, 6.45) is 2.71. The third kappa shape index (κ3) is 1.97. The molecule has 1 aliphatic rings. The molecule has 1 aliphatic heterocycles. The van der Waals surface area contributed by atoms with Crippen molar-refractivity contribution in [2.75, 3.05) is 0 Å². The maximum atomic E-state index is 6.26. The van der Waals surface area contributed by atoms with Crippen molar-refractivity contribution in [1.82, 2.24) is 4.98 Å². The molecule has 2 aromatic rings. The van der Waals surface area contributed by atoms with Gasteiger partial charge in [-0.2, -0.15) is 0 Å². The highest BCUT2D eigenvalue weighted by molar-refractivity contribution is 5.38. The smallest absolute Gasteiger partial charge is 0.123 e. The van der Waals surface area contributed by atoms with Crippen LogP contribution in [0.5, 0.6) is 5.75 Å². The van der Waals surface area contributed by atoms with Crippen LogP contribution < -0.4 is 10.5 Å². The van der Waals surface area contributed by atoms with Gasteiger partial charge < -0.3 is 10.5 Å². The Morgan fingerprint density at radius 1 is 1.28 bits per heavy atom. The zero-order chi connectivity index (χ0) is 12.5. The second-order valence-electron chi connectivity index (χ2n) is 4.73. The average Bonchev–Trinajstić information content (AvgIpc) is 2.82. The molecule has 0 spiro atoms. The molecule has 0 saturated carbocycles. The van der Waals surface area contributed by atoms with Crippen molar-refractivity contribution in [2.45, 2.75) is 25.5 Å². The van der Waals surface area contributed by atoms with Crippen molar-refractivity contribution in [3.8, 4) is 5.75 Å². The number of aromatic nitrogens is 1. The van der Waals surface area contributed by atoms with E-state index in [1.807, 2.05) is 43.5 Å². The second kappa shape index (κ2) is 4.42. The van der Waals surface area contributed by atoms with E-state index < -0.39 is 0 Å². The lowest BCUT2D eigenvalue weighted by Crippen LogP contribution is -2.30. The standard InChI is InChI=1S/C15H16N2O/c1-10-6-7-12(9-17-10)15(16)14-8-11-4-2-3-5-13(11)18-14/h2-7,9,14-15H,8,16H2,1H3. The highest BCUT2D eigenvalue weighted by Gasteiger charge is 2.28. The Bertz CT molecular complexity index is 526. The minimum absolute atomic E-state index is 0.00639. The maximum absolute atomic E-state index is 6.26. The summed E-state index contributed by atoms with van der Waals surface area (Å²) >= 11 is 0. The summed E-state index contributed by atoms with van der Waals surface area (Å²) in [5.41, 5.74) is 9.53. The number of nitrogens with zero attached hydrogens (tertiary/aromatic N) is 1. The van der Waals surface area contributed by atoms with Gasteiger partial charge in [-0.3, -0.25) is 4.98 Å². The second-order valence-corrected chi connectivity index (χ2v) is 4.73. The third-order valence-corrected chi connectivity index (χ3v) is 3.39. The molecule has 18 heavy (non-hydrogen) atoms. The minimum atomic E-state index is -0.134. The molecule has 3 rings (SSSR count). The zero-order valence-corrected chi connectivity index (χ0v) is 10.3. The number of fused-ring (bicyclic) bond motifs is 1. The number of ether oxygens (including phenoxy) is 1. The molecule has 0 bridgehead atoms. The van der Waals surface area contributed by atoms with Crippen LogP contribution in [0, 0.1) is 6.92 Å². The third-order valence-electron chi connectivity index (χ3n) is 3.39. The van der Waals surface area contributed by atoms with Crippen LogP contribution in [-0.4, -0.2) is 11.1 Å². The van der Waals surface area contributed by atoms with Crippen LogP contribution >= 0.6 is 0 Å². The Morgan fingerprint density at radius 2 is 2.11 bits per heavy atom. The molecule has 0 radical (unpaired) electrons. The number of pyridine rings is 1. The molecule has 2 unspecified atom stereocenters. The van der Waals surface area contributed by atoms with Crippen LogP contribution in [0.15, 0.2) is 42.6 Å². The Labute approximate surface area is 107 Å². The first-order chi connectivity index (χ1) is 8.74. The van der Waals surface area contributed by atoms with Crippen LogP contribution in [0.1, 0.15) is 22.9 Å². The van der Waals surface area contributed by atoms with E-state index >= 15 is 0 Å². The first-order valence-corrected chi connectivity index (χ1v) is 6.17. The van der Waals surface area contributed by atoms with Crippen molar-refractivity contribution in [1.29, 1.82) is 0 Å². The van der Waals surface area contributed by atoms with E-state index in [1.165, 1.54) is 5.56 Å². The van der Waals surface area contributed by atoms with Gasteiger partial charge in [0.1, 0.15) is 11.9 Å². The van der Waals surface area contributed by atoms with Gasteiger partial charge in [-0.05, 0) is 30.2 Å². The van der Waals surface area contributed by atoms with Gasteiger partial charge in [-0.15, -0.1) is 0 Å². The normalized spacial score (nSPS) is 19.1. The monoisotopic (exact) mass is 240 g/mol. The average molecular weight is 240 g/mol. The predicted octanol–water partition coefficient (Wildman–Crippen LogP) is 2.39. The summed E-state index contributed by atoms with van der Waals surface area (Å²) in [7, 11) is 0. The van der Waals surface area contributed by atoms with Crippen molar-refractivity contribution in [3.63, 3.8) is 0 Å². The lowest BCUT2D eigenvalue weighted by Gasteiger charge is -2.19. The number of aryl methyl sites for hydroxylation is 1. The Kier molecular flexibility index (Phi) is 2.76. The quantitative estimate of drug-likeness (QED) is 0.876. The Hall–Kier alpha value is -1.87. The molecule has 1 aromatic heterocycles. The van der Waals surface area contributed by atoms with Crippen molar-refractivity contribution >= 4 is 0 Å². The lowest BCUT2D eigenvalue weighted by atomic mass is 10.00. The van der Waals surface area contributed by atoms with E-state index in [0.717, 1.165) is 23.4 Å². The highest BCUT2D eigenvalue weighted by atomic mass is 16.5. The molecule has 0 saturated heterocycles. The SMILES string of the molecule is Cc1ccc(C(N)C2Cc3ccccc3O2)cn1. The topological polar surface area (TPSA) is 48.1 Å². The molecule has 2 N–H and O–H groups in total. The summed E-state index contributed by atoms with van der Waals surface area (Å²) in [5, 5.41) is 0. The van der Waals surface area contributed by atoms with Gasteiger partial charge in [0.15, 0.2) is 0 Å². The first-order valence-electron chi connectivity index (χ1n) is 6.17. The predicted molar refractivity (Wildman–Crippen MR) is 70.5 cm³/mol. The fourth-order valence-electron chi connectivity index (χ4n) is 2.30. The number of benzene rings is 1. The van der Waals surface area contributed by atoms with Gasteiger partial charge in [-0.25, -0.2) is 0 Å². The summed E-state index contributed by atoms with van der Waals surface area (Å²) in [4.78, 5) is 4.29. The van der Waals surface area contributed by atoms with Crippen molar-refractivity contribution in [3.05, 3.63) is 59.4 Å². The van der Waals surface area contributed by atoms with E-state index in [9.17, 15) is 0 Å². The molecule has 0 amide bonds. The summed E-state index contributed by atoms with van der Waals surface area (Å²) in [6, 6.07) is 12.0. The minimum Gasteiger partial charge on any atom is -0.488 e. The van der Waals surface area contributed by atoms with Crippen LogP contribution in [0.2, 0.25) is 0 Å². The molecular weight excluding hydrogens is 224 g/mol. The summed E-state index contributed by atoms with van der Waals surface area (Å²) in [6.45, 7) is 1.97. The molecule has 1 aromatic carbocycles. The highest BCUT2D eigenvalue weighted by Crippen LogP contribution is 2.32. The largest absolute Gasteiger partial charge is 0.488 e. The number of hydrogen-bond acceptors (Lipinski definition) is 3. The summed E-state index contributed by atoms with van der Waals surface area (Å²) < 4.78 is 5.90. The fraction of sp³-hybridized carbons (Fsp3) is 0.267. The molecule has 0 aliphatic carbocycles. The van der Waals surface area contributed by atoms with Gasteiger partial charge >= 0.3 is 0 Å². The van der Waals surface area contributed by atoms with Crippen LogP contribution in [0.25, 0.3) is 0 Å². The Morgan fingerprint density at radius 3 is 2.83 bits per heavy atom. The van der Waals surface area contributed by atoms with E-state index in [4.69, 9.17) is 10.5 Å². The molecule has 3 nitrogen and oxygen atoms in total. The summed E-state index contributed by atoms with van der Waals surface area (Å²) in [5.74, 6) is 0.957. The maximum Gasteiger partial charge on any atom is 0.123 e. The molecule has 0 fully saturated rings. The van der Waals surface area contributed by atoms with Crippen molar-refractivity contribution < 1.29 is 4.74 Å². The van der Waals surface area contributed by atoms with E-state index in [2.05, 4.69) is 11.1 Å². The van der Waals surface area contributed by atoms with Gasteiger partial charge in [0.05, 0.1) is 6.04 Å². The molecule has 2 heterocycles. The van der Waals surface area contributed by atoms with Gasteiger partial charge in [0, 0.05) is 18.3 Å². The molecule has 2 atom stereocenters. The van der Waals surface area contributed by atoms with Crippen LogP contribution in [0.4, 0.5) is 0 Å². The number of hydrogen-bond donors (Lipinski definition) is 1. The van der Waals surface area contributed by atoms with Crippen LogP contribution in [0.3, 0.4) is 0 Å². The fourth-order valence-corrected chi connectivity index (χ4v) is 2.30. The van der Waals surface area contributed by atoms with Crippen LogP contribution in [-0.2, 0) is 6.42 Å². The number of nitrogens with two attached hydrogens (primary N) is 1. The zero-order valence-electron chi connectivity index (χ0n) is 10.3. The number of para-hydroxylation sites is 1. The molecule has 92 valence electrons. The van der Waals surface area contributed by atoms with E-state index in [-0.39, 0.29) is 12.1 Å². The van der Waals surface area contributed by atoms with Gasteiger partial charge in [0.2, 0.25) is 0 Å². The first kappa shape index (κ1) is 11.2. The van der Waals surface area contributed by atoms with Gasteiger partial charge in [-0.1, -0.05) is 24.3 Å². The van der Waals surface area contributed by atoms with Gasteiger partial charge in [0.25, 0.3) is 0 Å². The lowest BCUT2D eigenvalue weighted by molar-refractivity contribution is 0.199. The van der Waals surface area contributed by atoms with E-state index in [1.54, 1.807) is 0 Å². The molecular formula is C15H16N2O. The molecule has 3 heteroatoms. The van der Waals surface area contributed by atoms with Crippen molar-refractivity contribution in [2.24, 2.45) is 5.73 Å². The van der Waals surface area contributed by atoms with E-state index in [0.29, 0.717) is 0 Å². The number of rotatable bonds is 2. The Balaban J connectivity index is 1.80.